The first-order valence-electron chi connectivity index (χ1n) is 5.26. The Balaban J connectivity index is 2.37. The van der Waals surface area contributed by atoms with Gasteiger partial charge in [0, 0.05) is 11.6 Å². The zero-order valence-corrected chi connectivity index (χ0v) is 10.5. The Morgan fingerprint density at radius 2 is 2.28 bits per heavy atom. The Kier molecular flexibility index (Phi) is 3.51. The van der Waals surface area contributed by atoms with Gasteiger partial charge < -0.3 is 10.5 Å². The summed E-state index contributed by atoms with van der Waals surface area (Å²) < 4.78 is 5.69. The maximum absolute atomic E-state index is 8.87. The van der Waals surface area contributed by atoms with Gasteiger partial charge in [-0.1, -0.05) is 11.6 Å². The first kappa shape index (κ1) is 12.4. The minimum Gasteiger partial charge on any atom is -0.453 e. The van der Waals surface area contributed by atoms with Crippen LogP contribution in [0.15, 0.2) is 18.2 Å². The first-order valence-corrected chi connectivity index (χ1v) is 5.64. The topological polar surface area (TPSA) is 87.7 Å². The van der Waals surface area contributed by atoms with Gasteiger partial charge in [0.2, 0.25) is 0 Å². The van der Waals surface area contributed by atoms with Crippen LogP contribution in [0.3, 0.4) is 0 Å². The zero-order valence-electron chi connectivity index (χ0n) is 9.70. The summed E-state index contributed by atoms with van der Waals surface area (Å²) in [5.41, 5.74) is 7.40. The molecule has 18 heavy (non-hydrogen) atoms. The van der Waals surface area contributed by atoms with Crippen molar-refractivity contribution < 1.29 is 4.74 Å². The van der Waals surface area contributed by atoms with Crippen LogP contribution in [0.1, 0.15) is 17.0 Å². The number of nitriles is 1. The Labute approximate surface area is 109 Å². The maximum Gasteiger partial charge on any atom is 0.172 e. The second-order valence-electron chi connectivity index (χ2n) is 3.72. The number of hydrogen-bond donors (Lipinski definition) is 2. The fourth-order valence-corrected chi connectivity index (χ4v) is 1.77. The summed E-state index contributed by atoms with van der Waals surface area (Å²) in [6.45, 7) is 2.10. The normalized spacial score (nSPS) is 10.1. The van der Waals surface area contributed by atoms with Crippen LogP contribution in [0.5, 0.6) is 11.5 Å². The van der Waals surface area contributed by atoms with Crippen molar-refractivity contribution in [2.75, 3.05) is 0 Å². The maximum atomic E-state index is 8.87. The van der Waals surface area contributed by atoms with Crippen molar-refractivity contribution in [2.24, 2.45) is 5.73 Å². The fraction of sp³-hybridized carbons (Fsp3) is 0.167. The number of nitrogens with zero attached hydrogens (tertiary/aromatic N) is 2. The van der Waals surface area contributed by atoms with E-state index in [1.807, 2.05) is 13.0 Å². The van der Waals surface area contributed by atoms with Crippen molar-refractivity contribution in [3.63, 3.8) is 0 Å². The third-order valence-electron chi connectivity index (χ3n) is 2.37. The molecule has 0 radical (unpaired) electrons. The van der Waals surface area contributed by atoms with E-state index < -0.39 is 0 Å². The summed E-state index contributed by atoms with van der Waals surface area (Å²) in [6, 6.07) is 6.83. The van der Waals surface area contributed by atoms with Gasteiger partial charge in [-0.05, 0) is 25.1 Å². The predicted octanol–water partition coefficient (Wildman–Crippen LogP) is 2.49. The largest absolute Gasteiger partial charge is 0.453 e. The van der Waals surface area contributed by atoms with Gasteiger partial charge >= 0.3 is 0 Å². The van der Waals surface area contributed by atoms with Crippen LogP contribution in [0.4, 0.5) is 0 Å². The molecule has 1 aromatic heterocycles. The molecule has 0 amide bonds. The van der Waals surface area contributed by atoms with Crippen LogP contribution in [-0.2, 0) is 6.54 Å². The summed E-state index contributed by atoms with van der Waals surface area (Å²) in [5, 5.41) is 16.1. The second kappa shape index (κ2) is 5.08. The molecule has 1 heterocycles. The number of benzene rings is 1. The predicted molar refractivity (Wildman–Crippen MR) is 67.5 cm³/mol. The number of aromatic nitrogens is 2. The van der Waals surface area contributed by atoms with Gasteiger partial charge in [0.15, 0.2) is 5.75 Å². The molecule has 3 N–H and O–H groups in total. The zero-order chi connectivity index (χ0) is 13.1. The van der Waals surface area contributed by atoms with Crippen molar-refractivity contribution in [3.8, 4) is 17.6 Å². The molecule has 0 saturated heterocycles. The second-order valence-corrected chi connectivity index (χ2v) is 4.15. The number of nitrogens with one attached hydrogen (secondary N) is 1. The van der Waals surface area contributed by atoms with E-state index in [4.69, 9.17) is 27.3 Å². The quantitative estimate of drug-likeness (QED) is 0.889. The van der Waals surface area contributed by atoms with Crippen LogP contribution in [-0.4, -0.2) is 10.2 Å². The summed E-state index contributed by atoms with van der Waals surface area (Å²) in [4.78, 5) is 0. The van der Waals surface area contributed by atoms with Crippen molar-refractivity contribution in [2.45, 2.75) is 13.5 Å². The lowest BCUT2D eigenvalue weighted by atomic mass is 10.2. The lowest BCUT2D eigenvalue weighted by molar-refractivity contribution is 0.473. The lowest BCUT2D eigenvalue weighted by Crippen LogP contribution is -1.99. The number of halogens is 1. The van der Waals surface area contributed by atoms with Gasteiger partial charge in [-0.15, -0.1) is 0 Å². The molecule has 0 bridgehead atoms. The lowest BCUT2D eigenvalue weighted by Gasteiger charge is -2.07. The van der Waals surface area contributed by atoms with Crippen LogP contribution < -0.4 is 10.5 Å². The molecule has 0 unspecified atom stereocenters. The number of H-pyrrole nitrogens is 1. The third kappa shape index (κ3) is 2.45. The molecular formula is C12H11ClN4O. The van der Waals surface area contributed by atoms with Gasteiger partial charge in [0.1, 0.15) is 11.4 Å². The molecule has 0 aliphatic rings. The van der Waals surface area contributed by atoms with Crippen molar-refractivity contribution in [1.29, 1.82) is 5.26 Å². The average Bonchev–Trinajstić information content (AvgIpc) is 2.70. The molecule has 0 aliphatic carbocycles. The van der Waals surface area contributed by atoms with Gasteiger partial charge in [-0.3, -0.25) is 5.10 Å². The number of hydrogen-bond acceptors (Lipinski definition) is 4. The summed E-state index contributed by atoms with van der Waals surface area (Å²) >= 11 is 5.90. The Morgan fingerprint density at radius 3 is 2.94 bits per heavy atom. The molecule has 0 saturated carbocycles. The Morgan fingerprint density at radius 1 is 1.50 bits per heavy atom. The highest BCUT2D eigenvalue weighted by molar-refractivity contribution is 6.30. The molecule has 0 aliphatic heterocycles. The number of rotatable bonds is 3. The van der Waals surface area contributed by atoms with E-state index in [1.54, 1.807) is 18.2 Å². The van der Waals surface area contributed by atoms with Crippen molar-refractivity contribution >= 4 is 11.6 Å². The molecule has 92 valence electrons. The van der Waals surface area contributed by atoms with E-state index in [0.717, 1.165) is 5.69 Å². The number of nitrogens with two attached hydrogens (primary N) is 1. The molecule has 2 rings (SSSR count). The highest BCUT2D eigenvalue weighted by Crippen LogP contribution is 2.29. The SMILES string of the molecule is Cc1[nH]nc(CN)c1Oc1cc(Cl)cc(C#N)c1. The number of aryl methyl sites for hydroxylation is 1. The van der Waals surface area contributed by atoms with Gasteiger partial charge in [-0.2, -0.15) is 10.4 Å². The molecule has 6 heteroatoms. The van der Waals surface area contributed by atoms with E-state index in [2.05, 4.69) is 10.2 Å². The van der Waals surface area contributed by atoms with Crippen molar-refractivity contribution in [3.05, 3.63) is 40.2 Å². The molecule has 5 nitrogen and oxygen atoms in total. The fourth-order valence-electron chi connectivity index (χ4n) is 1.55. The first-order chi connectivity index (χ1) is 8.63. The Hall–Kier alpha value is -2.03. The van der Waals surface area contributed by atoms with E-state index in [-0.39, 0.29) is 6.54 Å². The molecule has 0 fully saturated rings. The van der Waals surface area contributed by atoms with E-state index in [0.29, 0.717) is 27.8 Å². The average molecular weight is 263 g/mol. The third-order valence-corrected chi connectivity index (χ3v) is 2.59. The Bertz CT molecular complexity index is 615. The standard InChI is InChI=1S/C12H11ClN4O/c1-7-12(11(6-15)17-16-7)18-10-3-8(5-14)2-9(13)4-10/h2-4H,6,15H2,1H3,(H,16,17). The minimum absolute atomic E-state index is 0.269. The molecule has 1 aromatic carbocycles. The van der Waals surface area contributed by atoms with Gasteiger partial charge in [0.25, 0.3) is 0 Å². The minimum atomic E-state index is 0.269. The highest BCUT2D eigenvalue weighted by atomic mass is 35.5. The summed E-state index contributed by atoms with van der Waals surface area (Å²) in [5.74, 6) is 1.06. The van der Waals surface area contributed by atoms with E-state index in [9.17, 15) is 0 Å². The number of aromatic amines is 1. The molecule has 2 aromatic rings. The monoisotopic (exact) mass is 262 g/mol. The summed E-state index contributed by atoms with van der Waals surface area (Å²) in [6.07, 6.45) is 0. The highest BCUT2D eigenvalue weighted by Gasteiger charge is 2.12. The van der Waals surface area contributed by atoms with Crippen molar-refractivity contribution in [1.82, 2.24) is 10.2 Å². The van der Waals surface area contributed by atoms with Gasteiger partial charge in [-0.25, -0.2) is 0 Å². The summed E-state index contributed by atoms with van der Waals surface area (Å²) in [7, 11) is 0. The van der Waals surface area contributed by atoms with Crippen LogP contribution in [0.2, 0.25) is 5.02 Å². The van der Waals surface area contributed by atoms with Gasteiger partial charge in [0.05, 0.1) is 17.3 Å². The molecule has 0 atom stereocenters. The smallest absolute Gasteiger partial charge is 0.172 e. The molecule has 0 spiro atoms. The van der Waals surface area contributed by atoms with Crippen LogP contribution >= 0.6 is 11.6 Å². The number of ether oxygens (including phenoxy) is 1. The van der Waals surface area contributed by atoms with E-state index in [1.165, 1.54) is 0 Å². The van der Waals surface area contributed by atoms with Crippen LogP contribution in [0.25, 0.3) is 0 Å². The molecular weight excluding hydrogens is 252 g/mol. The van der Waals surface area contributed by atoms with Crippen LogP contribution in [0, 0.1) is 18.3 Å². The van der Waals surface area contributed by atoms with E-state index >= 15 is 0 Å².